The summed E-state index contributed by atoms with van der Waals surface area (Å²) in [7, 11) is 0. The molecule has 42 heavy (non-hydrogen) atoms. The SMILES string of the molecule is Cc1ccc2nn([C@@H]3CC4C(=O)NC5(C(=O)O)CC5/C=C\CCCCCC(NC(=O)OC(C)(C)C)C(=O)N4C3)nc2c1. The van der Waals surface area contributed by atoms with Gasteiger partial charge < -0.3 is 25.4 Å². The van der Waals surface area contributed by atoms with Crippen molar-refractivity contribution < 1.29 is 29.0 Å². The molecule has 1 saturated carbocycles. The van der Waals surface area contributed by atoms with Crippen molar-refractivity contribution >= 4 is 34.9 Å². The highest BCUT2D eigenvalue weighted by atomic mass is 16.6. The molecule has 5 rings (SSSR count). The van der Waals surface area contributed by atoms with Crippen LogP contribution in [0.4, 0.5) is 4.79 Å². The van der Waals surface area contributed by atoms with Gasteiger partial charge in [0.15, 0.2) is 0 Å². The van der Waals surface area contributed by atoms with Crippen molar-refractivity contribution in [3.63, 3.8) is 0 Å². The van der Waals surface area contributed by atoms with Gasteiger partial charge in [-0.25, -0.2) is 9.59 Å². The highest BCUT2D eigenvalue weighted by Gasteiger charge is 2.61. The summed E-state index contributed by atoms with van der Waals surface area (Å²) in [6, 6.07) is 3.43. The van der Waals surface area contributed by atoms with E-state index < -0.39 is 53.1 Å². The number of carboxylic acid groups (broad SMARTS) is 1. The molecule has 1 aromatic carbocycles. The number of rotatable bonds is 3. The minimum absolute atomic E-state index is 0.132. The highest BCUT2D eigenvalue weighted by Crippen LogP contribution is 2.45. The number of ether oxygens (including phenoxy) is 1. The van der Waals surface area contributed by atoms with E-state index in [0.717, 1.165) is 24.8 Å². The van der Waals surface area contributed by atoms with Gasteiger partial charge in [0.2, 0.25) is 11.8 Å². The van der Waals surface area contributed by atoms with Gasteiger partial charge in [0.25, 0.3) is 0 Å². The largest absolute Gasteiger partial charge is 0.479 e. The van der Waals surface area contributed by atoms with Crippen molar-refractivity contribution in [2.75, 3.05) is 6.54 Å². The maximum absolute atomic E-state index is 14.1. The molecule has 1 saturated heterocycles. The topological polar surface area (TPSA) is 156 Å². The Morgan fingerprint density at radius 2 is 1.90 bits per heavy atom. The number of allylic oxidation sites excluding steroid dienone is 1. The second-order valence-electron chi connectivity index (χ2n) is 12.7. The second kappa shape index (κ2) is 11.4. The van der Waals surface area contributed by atoms with Crippen LogP contribution in [0.5, 0.6) is 0 Å². The maximum Gasteiger partial charge on any atom is 0.408 e. The molecule has 2 fully saturated rings. The van der Waals surface area contributed by atoms with E-state index in [1.54, 1.807) is 25.6 Å². The van der Waals surface area contributed by atoms with E-state index in [1.165, 1.54) is 4.90 Å². The molecule has 1 aromatic heterocycles. The lowest BCUT2D eigenvalue weighted by molar-refractivity contribution is -0.145. The first kappa shape index (κ1) is 29.5. The van der Waals surface area contributed by atoms with Crippen molar-refractivity contribution in [2.45, 2.75) is 102 Å². The van der Waals surface area contributed by atoms with Crippen LogP contribution in [0, 0.1) is 12.8 Å². The first-order valence-corrected chi connectivity index (χ1v) is 14.7. The lowest BCUT2D eigenvalue weighted by atomic mass is 10.0. The van der Waals surface area contributed by atoms with Crippen LogP contribution in [-0.2, 0) is 19.1 Å². The standard InChI is InChI=1S/C30H40N6O6/c1-18-12-13-21-23(14-18)34-36(33-21)20-15-24-25(37)32-30(27(39)40)16-19(30)10-8-6-5-7-9-11-22(26(38)35(24)17-20)31-28(41)42-29(2,3)4/h8,10,12-14,19-20,22,24H,5-7,9,11,15-17H2,1-4H3,(H,31,41)(H,32,37)(H,39,40)/b10-8-/t19?,20-,22?,24?,30?/m1/s1. The molecule has 0 spiro atoms. The summed E-state index contributed by atoms with van der Waals surface area (Å²) >= 11 is 0. The molecule has 5 atom stereocenters. The number of carboxylic acids is 1. The summed E-state index contributed by atoms with van der Waals surface area (Å²) < 4.78 is 5.44. The molecule has 2 aliphatic heterocycles. The van der Waals surface area contributed by atoms with E-state index in [9.17, 15) is 24.3 Å². The van der Waals surface area contributed by atoms with E-state index >= 15 is 0 Å². The smallest absolute Gasteiger partial charge is 0.408 e. The van der Waals surface area contributed by atoms with Crippen LogP contribution in [-0.4, -0.2) is 78.6 Å². The first-order chi connectivity index (χ1) is 19.9. The fourth-order valence-corrected chi connectivity index (χ4v) is 5.90. The Labute approximate surface area is 244 Å². The van der Waals surface area contributed by atoms with Crippen LogP contribution < -0.4 is 10.6 Å². The van der Waals surface area contributed by atoms with E-state index in [4.69, 9.17) is 4.74 Å². The number of aromatic nitrogens is 3. The number of aryl methyl sites for hydroxylation is 1. The van der Waals surface area contributed by atoms with Gasteiger partial charge in [-0.15, -0.1) is 0 Å². The van der Waals surface area contributed by atoms with Crippen LogP contribution in [0.1, 0.15) is 77.3 Å². The zero-order valence-electron chi connectivity index (χ0n) is 24.6. The number of nitrogens with one attached hydrogen (secondary N) is 2. The molecule has 2 aromatic rings. The fourth-order valence-electron chi connectivity index (χ4n) is 5.90. The van der Waals surface area contributed by atoms with Gasteiger partial charge in [-0.3, -0.25) is 9.59 Å². The van der Waals surface area contributed by atoms with Gasteiger partial charge in [-0.05, 0) is 71.1 Å². The normalized spacial score (nSPS) is 29.5. The molecule has 3 heterocycles. The predicted molar refractivity (Wildman–Crippen MR) is 153 cm³/mol. The fraction of sp³-hybridized carbons (Fsp3) is 0.600. The molecular formula is C30H40N6O6. The molecule has 12 nitrogen and oxygen atoms in total. The predicted octanol–water partition coefficient (Wildman–Crippen LogP) is 3.25. The molecule has 3 amide bonds. The van der Waals surface area contributed by atoms with Gasteiger partial charge in [-0.1, -0.05) is 31.1 Å². The number of benzene rings is 1. The summed E-state index contributed by atoms with van der Waals surface area (Å²) in [5.74, 6) is -2.36. The minimum Gasteiger partial charge on any atom is -0.479 e. The number of alkyl carbamates (subject to hydrolysis) is 1. The third kappa shape index (κ3) is 6.27. The number of carbonyl (C=O) groups is 4. The third-order valence-electron chi connectivity index (χ3n) is 8.21. The van der Waals surface area contributed by atoms with Gasteiger partial charge in [0, 0.05) is 18.9 Å². The van der Waals surface area contributed by atoms with Crippen LogP contribution >= 0.6 is 0 Å². The summed E-state index contributed by atoms with van der Waals surface area (Å²) in [4.78, 5) is 55.9. The van der Waals surface area contributed by atoms with Crippen LogP contribution in [0.25, 0.3) is 11.0 Å². The van der Waals surface area contributed by atoms with E-state index in [1.807, 2.05) is 37.3 Å². The highest BCUT2D eigenvalue weighted by molar-refractivity contribution is 5.96. The maximum atomic E-state index is 14.1. The number of carbonyl (C=O) groups excluding carboxylic acids is 3. The third-order valence-corrected chi connectivity index (χ3v) is 8.21. The number of hydrogen-bond donors (Lipinski definition) is 3. The monoisotopic (exact) mass is 580 g/mol. The molecule has 226 valence electrons. The first-order valence-electron chi connectivity index (χ1n) is 14.7. The molecule has 12 heteroatoms. The Bertz CT molecular complexity index is 1410. The average Bonchev–Trinajstić information content (AvgIpc) is 3.22. The zero-order chi connectivity index (χ0) is 30.2. The van der Waals surface area contributed by atoms with Crippen molar-refractivity contribution in [3.8, 4) is 0 Å². The second-order valence-corrected chi connectivity index (χ2v) is 12.7. The zero-order valence-corrected chi connectivity index (χ0v) is 24.6. The molecule has 3 N–H and O–H groups in total. The van der Waals surface area contributed by atoms with Crippen molar-refractivity contribution in [3.05, 3.63) is 35.9 Å². The molecule has 0 bridgehead atoms. The Morgan fingerprint density at radius 1 is 1.14 bits per heavy atom. The number of aliphatic carboxylic acids is 1. The number of amides is 3. The van der Waals surface area contributed by atoms with E-state index in [0.29, 0.717) is 30.3 Å². The minimum atomic E-state index is -1.40. The lowest BCUT2D eigenvalue weighted by Gasteiger charge is -2.30. The van der Waals surface area contributed by atoms with Gasteiger partial charge in [0.1, 0.15) is 34.3 Å². The molecular weight excluding hydrogens is 540 g/mol. The Morgan fingerprint density at radius 3 is 2.64 bits per heavy atom. The quantitative estimate of drug-likeness (QED) is 0.467. The summed E-state index contributed by atoms with van der Waals surface area (Å²) in [5, 5.41) is 24.8. The molecule has 3 aliphatic rings. The van der Waals surface area contributed by atoms with Gasteiger partial charge in [0.05, 0.1) is 6.04 Å². The summed E-state index contributed by atoms with van der Waals surface area (Å²) in [6.45, 7) is 7.33. The van der Waals surface area contributed by atoms with Crippen LogP contribution in [0.2, 0.25) is 0 Å². The Kier molecular flexibility index (Phi) is 8.00. The summed E-state index contributed by atoms with van der Waals surface area (Å²) in [5.41, 5.74) is 0.287. The molecule has 1 aliphatic carbocycles. The van der Waals surface area contributed by atoms with Gasteiger partial charge in [-0.2, -0.15) is 15.0 Å². The van der Waals surface area contributed by atoms with Gasteiger partial charge >= 0.3 is 12.1 Å². The number of fused-ring (bicyclic) bond motifs is 3. The Hall–Kier alpha value is -3.96. The summed E-state index contributed by atoms with van der Waals surface area (Å²) in [6.07, 6.45) is 7.14. The van der Waals surface area contributed by atoms with Crippen molar-refractivity contribution in [1.82, 2.24) is 30.5 Å². The number of nitrogens with zero attached hydrogens (tertiary/aromatic N) is 4. The lowest BCUT2D eigenvalue weighted by Crippen LogP contribution is -2.56. The molecule has 4 unspecified atom stereocenters. The average molecular weight is 581 g/mol. The van der Waals surface area contributed by atoms with Crippen molar-refractivity contribution in [2.24, 2.45) is 5.92 Å². The number of hydrogen-bond acceptors (Lipinski definition) is 7. The van der Waals surface area contributed by atoms with Crippen LogP contribution in [0.3, 0.4) is 0 Å². The van der Waals surface area contributed by atoms with Crippen LogP contribution in [0.15, 0.2) is 30.4 Å². The van der Waals surface area contributed by atoms with E-state index in [-0.39, 0.29) is 18.9 Å². The Balaban J connectivity index is 1.46. The van der Waals surface area contributed by atoms with E-state index in [2.05, 4.69) is 20.8 Å². The van der Waals surface area contributed by atoms with Crippen molar-refractivity contribution in [1.29, 1.82) is 0 Å². The molecule has 0 radical (unpaired) electrons.